The van der Waals surface area contributed by atoms with E-state index < -0.39 is 0 Å². The molecule has 1 aromatic carbocycles. The number of benzene rings is 1. The summed E-state index contributed by atoms with van der Waals surface area (Å²) < 4.78 is 5.94. The molecule has 0 spiro atoms. The Labute approximate surface area is 103 Å². The molecule has 0 amide bonds. The molecule has 2 aliphatic rings. The van der Waals surface area contributed by atoms with Crippen molar-refractivity contribution in [3.05, 3.63) is 29.8 Å². The van der Waals surface area contributed by atoms with Gasteiger partial charge in [0.2, 0.25) is 0 Å². The van der Waals surface area contributed by atoms with E-state index in [2.05, 4.69) is 36.5 Å². The van der Waals surface area contributed by atoms with Crippen LogP contribution in [0.5, 0.6) is 5.75 Å². The van der Waals surface area contributed by atoms with Gasteiger partial charge in [-0.3, -0.25) is 5.32 Å². The average molecular weight is 231 g/mol. The lowest BCUT2D eigenvalue weighted by Crippen LogP contribution is -2.17. The van der Waals surface area contributed by atoms with E-state index in [1.54, 1.807) is 0 Å². The second kappa shape index (κ2) is 4.69. The van der Waals surface area contributed by atoms with Gasteiger partial charge in [0.15, 0.2) is 6.23 Å². The third-order valence-corrected chi connectivity index (χ3v) is 4.02. The van der Waals surface area contributed by atoms with E-state index in [1.165, 1.54) is 37.7 Å². The molecule has 2 fully saturated rings. The quantitative estimate of drug-likeness (QED) is 0.810. The number of aryl methyl sites for hydroxylation is 1. The van der Waals surface area contributed by atoms with E-state index in [0.717, 1.165) is 11.7 Å². The Balaban J connectivity index is 1.53. The van der Waals surface area contributed by atoms with Gasteiger partial charge in [0.25, 0.3) is 0 Å². The molecular weight excluding hydrogens is 210 g/mol. The highest BCUT2D eigenvalue weighted by Crippen LogP contribution is 2.34. The summed E-state index contributed by atoms with van der Waals surface area (Å²) in [7, 11) is 0. The lowest BCUT2D eigenvalue weighted by atomic mass is 9.87. The van der Waals surface area contributed by atoms with E-state index in [1.807, 2.05) is 0 Å². The molecule has 2 heteroatoms. The summed E-state index contributed by atoms with van der Waals surface area (Å²) in [6, 6.07) is 8.94. The van der Waals surface area contributed by atoms with Crippen LogP contribution in [0.4, 0.5) is 0 Å². The minimum Gasteiger partial charge on any atom is -0.474 e. The third kappa shape index (κ3) is 2.63. The highest BCUT2D eigenvalue weighted by molar-refractivity contribution is 5.27. The number of hydrogen-bond acceptors (Lipinski definition) is 2. The van der Waals surface area contributed by atoms with Crippen LogP contribution in [0.3, 0.4) is 0 Å². The van der Waals surface area contributed by atoms with Crippen molar-refractivity contribution in [3.63, 3.8) is 0 Å². The minimum atomic E-state index is 0.265. The number of nitrogens with one attached hydrogen (secondary N) is 1. The van der Waals surface area contributed by atoms with E-state index in [9.17, 15) is 0 Å². The third-order valence-electron chi connectivity index (χ3n) is 4.02. The highest BCUT2D eigenvalue weighted by Gasteiger charge is 2.44. The topological polar surface area (TPSA) is 31.2 Å². The summed E-state index contributed by atoms with van der Waals surface area (Å²) in [5.74, 6) is 1.84. The van der Waals surface area contributed by atoms with Gasteiger partial charge in [0, 0.05) is 0 Å². The molecular formula is C15H21NO. The first kappa shape index (κ1) is 11.1. The zero-order valence-electron chi connectivity index (χ0n) is 10.5. The predicted octanol–water partition coefficient (Wildman–Crippen LogP) is 3.25. The molecule has 2 nitrogen and oxygen atoms in total. The Morgan fingerprint density at radius 3 is 2.47 bits per heavy atom. The average Bonchev–Trinajstić information content (AvgIpc) is 3.13. The van der Waals surface area contributed by atoms with Crippen molar-refractivity contribution in [2.24, 2.45) is 5.92 Å². The van der Waals surface area contributed by atoms with Crippen molar-refractivity contribution in [1.29, 1.82) is 0 Å². The summed E-state index contributed by atoms with van der Waals surface area (Å²) >= 11 is 0. The first-order valence-corrected chi connectivity index (χ1v) is 6.82. The molecule has 17 heavy (non-hydrogen) atoms. The molecule has 1 aliphatic heterocycles. The van der Waals surface area contributed by atoms with Crippen LogP contribution in [0.15, 0.2) is 24.3 Å². The minimum absolute atomic E-state index is 0.265. The van der Waals surface area contributed by atoms with Crippen LogP contribution < -0.4 is 10.1 Å². The van der Waals surface area contributed by atoms with Crippen LogP contribution in [0.25, 0.3) is 0 Å². The van der Waals surface area contributed by atoms with Crippen LogP contribution in [0.1, 0.15) is 37.7 Å². The van der Waals surface area contributed by atoms with Crippen LogP contribution in [-0.2, 0) is 0 Å². The molecule has 2 atom stereocenters. The maximum Gasteiger partial charge on any atom is 0.166 e. The van der Waals surface area contributed by atoms with E-state index in [0.29, 0.717) is 6.04 Å². The van der Waals surface area contributed by atoms with Crippen LogP contribution >= 0.6 is 0 Å². The van der Waals surface area contributed by atoms with Crippen LogP contribution in [-0.4, -0.2) is 12.3 Å². The molecule has 1 saturated carbocycles. The van der Waals surface area contributed by atoms with Crippen LogP contribution in [0.2, 0.25) is 0 Å². The fourth-order valence-electron chi connectivity index (χ4n) is 2.88. The summed E-state index contributed by atoms with van der Waals surface area (Å²) in [5.41, 5.74) is 1.28. The molecule has 2 unspecified atom stereocenters. The second-order valence-electron chi connectivity index (χ2n) is 5.44. The SMILES string of the molecule is Cc1ccc(OC2NC2C2CCCCC2)cc1. The second-order valence-corrected chi connectivity index (χ2v) is 5.44. The Kier molecular flexibility index (Phi) is 3.06. The normalized spacial score (nSPS) is 29.0. The van der Waals surface area contributed by atoms with Crippen molar-refractivity contribution in [1.82, 2.24) is 5.32 Å². The maximum absolute atomic E-state index is 5.94. The number of rotatable bonds is 3. The lowest BCUT2D eigenvalue weighted by Gasteiger charge is -2.20. The van der Waals surface area contributed by atoms with Gasteiger partial charge in [-0.1, -0.05) is 37.0 Å². The van der Waals surface area contributed by atoms with Crippen molar-refractivity contribution < 1.29 is 4.74 Å². The van der Waals surface area contributed by atoms with Crippen molar-refractivity contribution >= 4 is 0 Å². The molecule has 1 N–H and O–H groups in total. The van der Waals surface area contributed by atoms with Gasteiger partial charge >= 0.3 is 0 Å². The Bertz CT molecular complexity index is 367. The largest absolute Gasteiger partial charge is 0.474 e. The van der Waals surface area contributed by atoms with Gasteiger partial charge in [-0.2, -0.15) is 0 Å². The first-order valence-electron chi connectivity index (χ1n) is 6.82. The molecule has 92 valence electrons. The van der Waals surface area contributed by atoms with Gasteiger partial charge in [0.05, 0.1) is 6.04 Å². The van der Waals surface area contributed by atoms with Crippen LogP contribution in [0, 0.1) is 12.8 Å². The van der Waals surface area contributed by atoms with Crippen molar-refractivity contribution in [2.75, 3.05) is 0 Å². The standard InChI is InChI=1S/C15H21NO/c1-11-7-9-13(10-8-11)17-15-14(16-15)12-5-3-2-4-6-12/h7-10,12,14-16H,2-6H2,1H3. The van der Waals surface area contributed by atoms with Gasteiger partial charge in [0.1, 0.15) is 5.75 Å². The number of hydrogen-bond donors (Lipinski definition) is 1. The molecule has 1 aromatic rings. The predicted molar refractivity (Wildman–Crippen MR) is 69.1 cm³/mol. The van der Waals surface area contributed by atoms with Gasteiger partial charge in [-0.15, -0.1) is 0 Å². The number of ether oxygens (including phenoxy) is 1. The molecule has 0 bridgehead atoms. The maximum atomic E-state index is 5.94. The highest BCUT2D eigenvalue weighted by atomic mass is 16.5. The molecule has 3 rings (SSSR count). The van der Waals surface area contributed by atoms with Crippen molar-refractivity contribution in [2.45, 2.75) is 51.3 Å². The zero-order chi connectivity index (χ0) is 11.7. The summed E-state index contributed by atoms with van der Waals surface area (Å²) in [6.07, 6.45) is 7.25. The Morgan fingerprint density at radius 1 is 1.06 bits per heavy atom. The molecule has 0 aromatic heterocycles. The van der Waals surface area contributed by atoms with E-state index in [4.69, 9.17) is 4.74 Å². The van der Waals surface area contributed by atoms with E-state index in [-0.39, 0.29) is 6.23 Å². The molecule has 1 heterocycles. The Hall–Kier alpha value is -1.02. The molecule has 1 aliphatic carbocycles. The van der Waals surface area contributed by atoms with E-state index >= 15 is 0 Å². The molecule has 0 radical (unpaired) electrons. The lowest BCUT2D eigenvalue weighted by molar-refractivity contribution is 0.259. The molecule has 1 saturated heterocycles. The monoisotopic (exact) mass is 231 g/mol. The summed E-state index contributed by atoms with van der Waals surface area (Å²) in [4.78, 5) is 0. The fourth-order valence-corrected chi connectivity index (χ4v) is 2.88. The van der Waals surface area contributed by atoms with Crippen molar-refractivity contribution in [3.8, 4) is 5.75 Å². The Morgan fingerprint density at radius 2 is 1.76 bits per heavy atom. The van der Waals surface area contributed by atoms with Gasteiger partial charge in [-0.25, -0.2) is 0 Å². The summed E-state index contributed by atoms with van der Waals surface area (Å²) in [5, 5.41) is 3.48. The van der Waals surface area contributed by atoms with Gasteiger partial charge in [-0.05, 0) is 37.8 Å². The zero-order valence-corrected chi connectivity index (χ0v) is 10.5. The van der Waals surface area contributed by atoms with Gasteiger partial charge < -0.3 is 4.74 Å². The first-order chi connectivity index (χ1) is 8.33. The summed E-state index contributed by atoms with van der Waals surface area (Å²) in [6.45, 7) is 2.10. The smallest absolute Gasteiger partial charge is 0.166 e. The fraction of sp³-hybridized carbons (Fsp3) is 0.600.